The van der Waals surface area contributed by atoms with Crippen LogP contribution in [0.15, 0.2) is 29.8 Å². The number of hydrogen-bond acceptors (Lipinski definition) is 3. The molecule has 0 amide bonds. The Bertz CT molecular complexity index is 729. The minimum Gasteiger partial charge on any atom is -0.330 e. The van der Waals surface area contributed by atoms with E-state index in [1.54, 1.807) is 11.3 Å². The van der Waals surface area contributed by atoms with Crippen molar-refractivity contribution in [2.24, 2.45) is 5.73 Å². The van der Waals surface area contributed by atoms with Gasteiger partial charge in [-0.05, 0) is 31.2 Å². The van der Waals surface area contributed by atoms with Crippen LogP contribution in [-0.4, -0.2) is 15.9 Å². The van der Waals surface area contributed by atoms with E-state index in [4.69, 9.17) is 22.3 Å². The lowest BCUT2D eigenvalue weighted by Crippen LogP contribution is -2.05. The Morgan fingerprint density at radius 3 is 3.00 bits per heavy atom. The van der Waals surface area contributed by atoms with Crippen molar-refractivity contribution in [3.05, 3.63) is 46.1 Å². The van der Waals surface area contributed by atoms with Gasteiger partial charge in [0.25, 0.3) is 0 Å². The second kappa shape index (κ2) is 4.96. The summed E-state index contributed by atoms with van der Waals surface area (Å²) in [6.45, 7) is 2.62. The summed E-state index contributed by atoms with van der Waals surface area (Å²) in [4.78, 5) is 5.72. The highest BCUT2D eigenvalue weighted by molar-refractivity contribution is 7.15. The number of aromatic nitrogens is 2. The van der Waals surface area contributed by atoms with Gasteiger partial charge in [-0.3, -0.25) is 4.40 Å². The van der Waals surface area contributed by atoms with E-state index >= 15 is 0 Å². The molecule has 2 heterocycles. The normalized spacial score (nSPS) is 11.3. The van der Waals surface area contributed by atoms with Crippen LogP contribution in [0.5, 0.6) is 0 Å². The van der Waals surface area contributed by atoms with Gasteiger partial charge in [0.05, 0.1) is 11.4 Å². The van der Waals surface area contributed by atoms with Crippen LogP contribution in [0.1, 0.15) is 11.3 Å². The van der Waals surface area contributed by atoms with Crippen molar-refractivity contribution in [1.82, 2.24) is 9.38 Å². The van der Waals surface area contributed by atoms with E-state index in [9.17, 15) is 0 Å². The van der Waals surface area contributed by atoms with Crippen molar-refractivity contribution >= 4 is 27.9 Å². The van der Waals surface area contributed by atoms with Crippen molar-refractivity contribution in [3.63, 3.8) is 0 Å². The van der Waals surface area contributed by atoms with Gasteiger partial charge in [-0.25, -0.2) is 4.98 Å². The molecule has 3 nitrogen and oxygen atoms in total. The summed E-state index contributed by atoms with van der Waals surface area (Å²) < 4.78 is 2.12. The van der Waals surface area contributed by atoms with Crippen LogP contribution in [0.25, 0.3) is 16.2 Å². The van der Waals surface area contributed by atoms with Crippen LogP contribution in [0.3, 0.4) is 0 Å². The summed E-state index contributed by atoms with van der Waals surface area (Å²) in [5, 5.41) is 2.82. The maximum Gasteiger partial charge on any atom is 0.194 e. The van der Waals surface area contributed by atoms with Crippen molar-refractivity contribution in [2.75, 3.05) is 6.54 Å². The Morgan fingerprint density at radius 2 is 2.26 bits per heavy atom. The molecule has 1 aromatic carbocycles. The Hall–Kier alpha value is -1.36. The van der Waals surface area contributed by atoms with Gasteiger partial charge in [0.15, 0.2) is 4.96 Å². The minimum atomic E-state index is 0.614. The van der Waals surface area contributed by atoms with E-state index in [0.717, 1.165) is 33.2 Å². The molecule has 0 aliphatic carbocycles. The largest absolute Gasteiger partial charge is 0.330 e. The SMILES string of the molecule is Cc1cc(-c2nc3sccn3c2CCN)ccc1Cl. The smallest absolute Gasteiger partial charge is 0.194 e. The van der Waals surface area contributed by atoms with Crippen molar-refractivity contribution in [1.29, 1.82) is 0 Å². The van der Waals surface area contributed by atoms with E-state index in [0.29, 0.717) is 6.54 Å². The predicted molar refractivity (Wildman–Crippen MR) is 81.0 cm³/mol. The minimum absolute atomic E-state index is 0.614. The van der Waals surface area contributed by atoms with Gasteiger partial charge < -0.3 is 5.73 Å². The first-order valence-electron chi connectivity index (χ1n) is 6.11. The quantitative estimate of drug-likeness (QED) is 0.802. The first-order chi connectivity index (χ1) is 9.20. The molecule has 0 aliphatic rings. The van der Waals surface area contributed by atoms with Gasteiger partial charge in [-0.2, -0.15) is 0 Å². The second-order valence-corrected chi connectivity index (χ2v) is 5.75. The fourth-order valence-electron chi connectivity index (χ4n) is 2.23. The summed E-state index contributed by atoms with van der Waals surface area (Å²) in [7, 11) is 0. The molecule has 0 fully saturated rings. The van der Waals surface area contributed by atoms with Gasteiger partial charge in [0.1, 0.15) is 0 Å². The van der Waals surface area contributed by atoms with Gasteiger partial charge in [-0.1, -0.05) is 17.7 Å². The number of halogens is 1. The molecule has 2 N–H and O–H groups in total. The summed E-state index contributed by atoms with van der Waals surface area (Å²) in [5.74, 6) is 0. The van der Waals surface area contributed by atoms with Gasteiger partial charge in [-0.15, -0.1) is 11.3 Å². The second-order valence-electron chi connectivity index (χ2n) is 4.47. The number of nitrogens with zero attached hydrogens (tertiary/aromatic N) is 2. The molecular weight excluding hydrogens is 278 g/mol. The standard InChI is InChI=1S/C14H14ClN3S/c1-9-8-10(2-3-11(9)15)13-12(4-5-16)18-6-7-19-14(18)17-13/h2-3,6-8H,4-5,16H2,1H3. The molecule has 2 aromatic heterocycles. The van der Waals surface area contributed by atoms with Crippen molar-refractivity contribution in [3.8, 4) is 11.3 Å². The fourth-order valence-corrected chi connectivity index (χ4v) is 3.08. The molecule has 0 saturated heterocycles. The third-order valence-electron chi connectivity index (χ3n) is 3.17. The highest BCUT2D eigenvalue weighted by atomic mass is 35.5. The lowest BCUT2D eigenvalue weighted by Gasteiger charge is -2.05. The lowest BCUT2D eigenvalue weighted by molar-refractivity contribution is 0.911. The van der Waals surface area contributed by atoms with Gasteiger partial charge in [0.2, 0.25) is 0 Å². The molecule has 0 saturated carbocycles. The third-order valence-corrected chi connectivity index (χ3v) is 4.35. The molecule has 0 aliphatic heterocycles. The van der Waals surface area contributed by atoms with Crippen LogP contribution in [0, 0.1) is 6.92 Å². The molecule has 0 radical (unpaired) electrons. The van der Waals surface area contributed by atoms with Gasteiger partial charge in [0, 0.05) is 28.6 Å². The number of hydrogen-bond donors (Lipinski definition) is 1. The number of rotatable bonds is 3. The molecule has 98 valence electrons. The molecule has 0 atom stereocenters. The zero-order valence-electron chi connectivity index (χ0n) is 10.6. The molecule has 3 rings (SSSR count). The highest BCUT2D eigenvalue weighted by Crippen LogP contribution is 2.29. The summed E-state index contributed by atoms with van der Waals surface area (Å²) in [6, 6.07) is 6.02. The van der Waals surface area contributed by atoms with E-state index < -0.39 is 0 Å². The van der Waals surface area contributed by atoms with Crippen molar-refractivity contribution in [2.45, 2.75) is 13.3 Å². The number of fused-ring (bicyclic) bond motifs is 1. The average molecular weight is 292 g/mol. The summed E-state index contributed by atoms with van der Waals surface area (Å²) in [5.41, 5.74) is 10.1. The average Bonchev–Trinajstić information content (AvgIpc) is 2.96. The van der Waals surface area contributed by atoms with Crippen LogP contribution < -0.4 is 5.73 Å². The number of thiazole rings is 1. The molecular formula is C14H14ClN3S. The number of nitrogens with two attached hydrogens (primary N) is 1. The van der Waals surface area contributed by atoms with Crippen LogP contribution in [0.2, 0.25) is 5.02 Å². The lowest BCUT2D eigenvalue weighted by atomic mass is 10.1. The molecule has 0 spiro atoms. The first-order valence-corrected chi connectivity index (χ1v) is 7.37. The Morgan fingerprint density at radius 1 is 1.42 bits per heavy atom. The van der Waals surface area contributed by atoms with Crippen LogP contribution in [-0.2, 0) is 6.42 Å². The van der Waals surface area contributed by atoms with Gasteiger partial charge >= 0.3 is 0 Å². The Balaban J connectivity index is 2.19. The maximum absolute atomic E-state index is 6.08. The number of imidazole rings is 1. The monoisotopic (exact) mass is 291 g/mol. The van der Waals surface area contributed by atoms with Crippen molar-refractivity contribution < 1.29 is 0 Å². The molecule has 19 heavy (non-hydrogen) atoms. The zero-order chi connectivity index (χ0) is 13.4. The molecule has 0 bridgehead atoms. The topological polar surface area (TPSA) is 43.3 Å². The first kappa shape index (κ1) is 12.7. The van der Waals surface area contributed by atoms with E-state index in [1.807, 2.05) is 30.6 Å². The predicted octanol–water partition coefficient (Wildman–Crippen LogP) is 3.53. The Kier molecular flexibility index (Phi) is 3.31. The summed E-state index contributed by atoms with van der Waals surface area (Å²) in [6.07, 6.45) is 2.86. The molecule has 0 unspecified atom stereocenters. The number of aryl methyl sites for hydroxylation is 1. The molecule has 3 aromatic rings. The number of benzene rings is 1. The van der Waals surface area contributed by atoms with E-state index in [2.05, 4.69) is 10.5 Å². The summed E-state index contributed by atoms with van der Waals surface area (Å²) >= 11 is 7.72. The highest BCUT2D eigenvalue weighted by Gasteiger charge is 2.14. The third kappa shape index (κ3) is 2.16. The van der Waals surface area contributed by atoms with E-state index in [-0.39, 0.29) is 0 Å². The Labute approximate surface area is 120 Å². The fraction of sp³-hybridized carbons (Fsp3) is 0.214. The zero-order valence-corrected chi connectivity index (χ0v) is 12.1. The van der Waals surface area contributed by atoms with E-state index in [1.165, 1.54) is 5.69 Å². The molecule has 5 heteroatoms. The van der Waals surface area contributed by atoms with Crippen LogP contribution >= 0.6 is 22.9 Å². The maximum atomic E-state index is 6.08. The van der Waals surface area contributed by atoms with Crippen LogP contribution in [0.4, 0.5) is 0 Å².